The third-order valence-corrected chi connectivity index (χ3v) is 5.47. The van der Waals surface area contributed by atoms with Gasteiger partial charge in [0.2, 0.25) is 5.82 Å². The third kappa shape index (κ3) is 4.14. The second kappa shape index (κ2) is 8.56. The summed E-state index contributed by atoms with van der Waals surface area (Å²) in [6.45, 7) is 0.569. The lowest BCUT2D eigenvalue weighted by Gasteiger charge is -2.33. The van der Waals surface area contributed by atoms with Gasteiger partial charge < -0.3 is 24.3 Å². The standard InChI is InChI=1S/C21H22F3N5O3/c1-31-14-5-6-17(32-2)16(12-14)27-20(30)28-10-7-13(8-11-28)29-18-15(4-3-9-25-18)26-19(29)21(22,23)24/h3-6,9,12-13H,7-8,10-11H2,1-2H3,(H,27,30). The minimum atomic E-state index is -4.60. The number of urea groups is 1. The highest BCUT2D eigenvalue weighted by Crippen LogP contribution is 2.36. The van der Waals surface area contributed by atoms with Gasteiger partial charge in [-0.1, -0.05) is 0 Å². The fourth-order valence-corrected chi connectivity index (χ4v) is 3.91. The number of amides is 2. The highest BCUT2D eigenvalue weighted by atomic mass is 19.4. The average Bonchev–Trinajstić information content (AvgIpc) is 3.19. The molecule has 0 atom stereocenters. The first-order valence-corrected chi connectivity index (χ1v) is 10.00. The maximum atomic E-state index is 13.6. The van der Waals surface area contributed by atoms with Crippen molar-refractivity contribution in [1.29, 1.82) is 0 Å². The van der Waals surface area contributed by atoms with Gasteiger partial charge >= 0.3 is 12.2 Å². The number of carbonyl (C=O) groups is 1. The van der Waals surface area contributed by atoms with E-state index in [9.17, 15) is 18.0 Å². The molecule has 1 fully saturated rings. The molecule has 0 unspecified atom stereocenters. The van der Waals surface area contributed by atoms with Crippen molar-refractivity contribution in [2.24, 2.45) is 0 Å². The number of halogens is 3. The Kier molecular flexibility index (Phi) is 5.81. The lowest BCUT2D eigenvalue weighted by Crippen LogP contribution is -2.42. The Hall–Kier alpha value is -3.50. The van der Waals surface area contributed by atoms with Crippen LogP contribution in [0.25, 0.3) is 11.2 Å². The number of alkyl halides is 3. The summed E-state index contributed by atoms with van der Waals surface area (Å²) in [5.74, 6) is 0.0639. The Morgan fingerprint density at radius 1 is 1.16 bits per heavy atom. The molecule has 0 radical (unpaired) electrons. The molecule has 4 rings (SSSR count). The van der Waals surface area contributed by atoms with Crippen LogP contribution in [0.5, 0.6) is 11.5 Å². The third-order valence-electron chi connectivity index (χ3n) is 5.47. The molecule has 2 amide bonds. The maximum absolute atomic E-state index is 13.6. The normalized spacial score (nSPS) is 15.1. The summed E-state index contributed by atoms with van der Waals surface area (Å²) in [5, 5.41) is 2.79. The van der Waals surface area contributed by atoms with Gasteiger partial charge in [0.15, 0.2) is 5.65 Å². The smallest absolute Gasteiger partial charge is 0.449 e. The first-order valence-electron chi connectivity index (χ1n) is 10.00. The zero-order chi connectivity index (χ0) is 22.9. The number of likely N-dealkylation sites (tertiary alicyclic amines) is 1. The highest BCUT2D eigenvalue weighted by molar-refractivity contribution is 5.91. The van der Waals surface area contributed by atoms with Crippen LogP contribution < -0.4 is 14.8 Å². The van der Waals surface area contributed by atoms with Crippen molar-refractivity contribution in [2.75, 3.05) is 32.6 Å². The van der Waals surface area contributed by atoms with E-state index in [-0.39, 0.29) is 30.3 Å². The molecule has 1 saturated heterocycles. The SMILES string of the molecule is COc1ccc(OC)c(NC(=O)N2CCC(n3c(C(F)(F)F)nc4cccnc43)CC2)c1. The van der Waals surface area contributed by atoms with E-state index < -0.39 is 18.0 Å². The van der Waals surface area contributed by atoms with Gasteiger partial charge in [-0.2, -0.15) is 13.2 Å². The number of nitrogens with zero attached hydrogens (tertiary/aromatic N) is 4. The van der Waals surface area contributed by atoms with Crippen molar-refractivity contribution in [3.63, 3.8) is 0 Å². The van der Waals surface area contributed by atoms with E-state index >= 15 is 0 Å². The second-order valence-electron chi connectivity index (χ2n) is 7.36. The van der Waals surface area contributed by atoms with Gasteiger partial charge in [0, 0.05) is 31.4 Å². The number of carbonyl (C=O) groups excluding carboxylic acids is 1. The molecule has 3 aromatic rings. The Bertz CT molecular complexity index is 1120. The summed E-state index contributed by atoms with van der Waals surface area (Å²) >= 11 is 0. The number of fused-ring (bicyclic) bond motifs is 1. The number of pyridine rings is 1. The molecule has 3 heterocycles. The van der Waals surface area contributed by atoms with Crippen LogP contribution in [-0.4, -0.2) is 52.8 Å². The number of rotatable bonds is 4. The number of aromatic nitrogens is 3. The summed E-state index contributed by atoms with van der Waals surface area (Å²) in [5.41, 5.74) is 0.845. The zero-order valence-corrected chi connectivity index (χ0v) is 17.5. The molecule has 8 nitrogen and oxygen atoms in total. The predicted octanol–water partition coefficient (Wildman–Crippen LogP) is 4.34. The molecule has 170 valence electrons. The summed E-state index contributed by atoms with van der Waals surface area (Å²) in [6, 6.07) is 7.26. The summed E-state index contributed by atoms with van der Waals surface area (Å²) in [4.78, 5) is 22.2. The van der Waals surface area contributed by atoms with Crippen LogP contribution in [0.1, 0.15) is 24.7 Å². The van der Waals surface area contributed by atoms with Crippen LogP contribution >= 0.6 is 0 Å². The van der Waals surface area contributed by atoms with Crippen molar-refractivity contribution in [3.05, 3.63) is 42.4 Å². The largest absolute Gasteiger partial charge is 0.497 e. The van der Waals surface area contributed by atoms with Crippen LogP contribution in [-0.2, 0) is 6.18 Å². The molecule has 2 aromatic heterocycles. The molecule has 1 aromatic carbocycles. The van der Waals surface area contributed by atoms with Gasteiger partial charge in [-0.05, 0) is 37.1 Å². The van der Waals surface area contributed by atoms with Crippen molar-refractivity contribution in [2.45, 2.75) is 25.1 Å². The molecule has 0 spiro atoms. The molecule has 1 aliphatic rings. The topological polar surface area (TPSA) is 81.5 Å². The number of benzene rings is 1. The van der Waals surface area contributed by atoms with E-state index in [4.69, 9.17) is 9.47 Å². The lowest BCUT2D eigenvalue weighted by molar-refractivity contribution is -0.147. The van der Waals surface area contributed by atoms with Gasteiger partial charge in [-0.3, -0.25) is 0 Å². The van der Waals surface area contributed by atoms with Gasteiger partial charge in [-0.15, -0.1) is 0 Å². The number of imidazole rings is 1. The van der Waals surface area contributed by atoms with E-state index in [2.05, 4.69) is 15.3 Å². The minimum Gasteiger partial charge on any atom is -0.497 e. The number of methoxy groups -OCH3 is 2. The number of anilines is 1. The number of nitrogens with one attached hydrogen (secondary N) is 1. The molecule has 1 aliphatic heterocycles. The second-order valence-corrected chi connectivity index (χ2v) is 7.36. The van der Waals surface area contributed by atoms with Gasteiger partial charge in [0.05, 0.1) is 19.9 Å². The van der Waals surface area contributed by atoms with Crippen LogP contribution in [0.15, 0.2) is 36.5 Å². The van der Waals surface area contributed by atoms with Crippen LogP contribution in [0.4, 0.5) is 23.7 Å². The van der Waals surface area contributed by atoms with Crippen molar-refractivity contribution in [3.8, 4) is 11.5 Å². The Balaban J connectivity index is 1.50. The van der Waals surface area contributed by atoms with E-state index in [0.29, 0.717) is 30.0 Å². The Labute approximate surface area is 182 Å². The number of hydrogen-bond acceptors (Lipinski definition) is 5. The lowest BCUT2D eigenvalue weighted by atomic mass is 10.0. The van der Waals surface area contributed by atoms with Crippen LogP contribution in [0.3, 0.4) is 0 Å². The van der Waals surface area contributed by atoms with E-state index in [1.807, 2.05) is 0 Å². The van der Waals surface area contributed by atoms with E-state index in [1.54, 1.807) is 29.2 Å². The van der Waals surface area contributed by atoms with Crippen molar-refractivity contribution < 1.29 is 27.4 Å². The van der Waals surface area contributed by atoms with E-state index in [1.165, 1.54) is 26.5 Å². The fraction of sp³-hybridized carbons (Fsp3) is 0.381. The van der Waals surface area contributed by atoms with Gasteiger partial charge in [0.25, 0.3) is 0 Å². The average molecular weight is 449 g/mol. The first kappa shape index (κ1) is 21.7. The quantitative estimate of drug-likeness (QED) is 0.641. The number of ether oxygens (including phenoxy) is 2. The first-order chi connectivity index (χ1) is 15.3. The molecule has 11 heteroatoms. The number of piperidine rings is 1. The molecule has 0 aliphatic carbocycles. The monoisotopic (exact) mass is 449 g/mol. The predicted molar refractivity (Wildman–Crippen MR) is 111 cm³/mol. The maximum Gasteiger partial charge on any atom is 0.449 e. The molecule has 0 bridgehead atoms. The van der Waals surface area contributed by atoms with Gasteiger partial charge in [0.1, 0.15) is 17.0 Å². The van der Waals surface area contributed by atoms with E-state index in [0.717, 1.165) is 4.57 Å². The fourth-order valence-electron chi connectivity index (χ4n) is 3.91. The van der Waals surface area contributed by atoms with Crippen LogP contribution in [0, 0.1) is 0 Å². The summed E-state index contributed by atoms with van der Waals surface area (Å²) in [6.07, 6.45) is -2.47. The zero-order valence-electron chi connectivity index (χ0n) is 17.5. The van der Waals surface area contributed by atoms with Gasteiger partial charge in [-0.25, -0.2) is 14.8 Å². The van der Waals surface area contributed by atoms with Crippen molar-refractivity contribution in [1.82, 2.24) is 19.4 Å². The molecule has 32 heavy (non-hydrogen) atoms. The molecular weight excluding hydrogens is 427 g/mol. The van der Waals surface area contributed by atoms with Crippen LogP contribution in [0.2, 0.25) is 0 Å². The summed E-state index contributed by atoms with van der Waals surface area (Å²) in [7, 11) is 3.01. The molecule has 0 saturated carbocycles. The summed E-state index contributed by atoms with van der Waals surface area (Å²) < 4.78 is 52.5. The molecule has 1 N–H and O–H groups in total. The number of hydrogen-bond donors (Lipinski definition) is 1. The Morgan fingerprint density at radius 2 is 1.91 bits per heavy atom. The highest BCUT2D eigenvalue weighted by Gasteiger charge is 2.40. The Morgan fingerprint density at radius 3 is 2.56 bits per heavy atom. The molecular formula is C21H22F3N5O3. The van der Waals surface area contributed by atoms with Crippen molar-refractivity contribution >= 4 is 22.9 Å². The minimum absolute atomic E-state index is 0.198.